The lowest BCUT2D eigenvalue weighted by Crippen LogP contribution is -2.36. The van der Waals surface area contributed by atoms with E-state index in [1.807, 2.05) is 43.3 Å². The SMILES string of the molecule is CC[C@H](CO)NS(=O)(=O)c1ccc(-c2cc(NC(=O)C3(c4ccc5c(c4)OCO5)CC3)ccc2C)cc1.[HH]. The number of amides is 1. The number of hydrogen-bond donors (Lipinski definition) is 3. The fourth-order valence-corrected chi connectivity index (χ4v) is 5.89. The molecule has 0 aromatic heterocycles. The van der Waals surface area contributed by atoms with Gasteiger partial charge < -0.3 is 19.9 Å². The van der Waals surface area contributed by atoms with E-state index in [4.69, 9.17) is 9.47 Å². The van der Waals surface area contributed by atoms with Crippen molar-refractivity contribution in [1.82, 2.24) is 4.72 Å². The molecule has 3 aromatic rings. The van der Waals surface area contributed by atoms with Gasteiger partial charge in [0, 0.05) is 13.2 Å². The van der Waals surface area contributed by atoms with Gasteiger partial charge in [0.05, 0.1) is 16.9 Å². The van der Waals surface area contributed by atoms with Crippen LogP contribution in [0, 0.1) is 6.92 Å². The first-order valence-corrected chi connectivity index (χ1v) is 13.8. The molecule has 37 heavy (non-hydrogen) atoms. The highest BCUT2D eigenvalue weighted by Gasteiger charge is 2.51. The van der Waals surface area contributed by atoms with Crippen molar-refractivity contribution < 1.29 is 29.2 Å². The third-order valence-corrected chi connectivity index (χ3v) is 8.65. The predicted molar refractivity (Wildman–Crippen MR) is 142 cm³/mol. The Kier molecular flexibility index (Phi) is 6.70. The summed E-state index contributed by atoms with van der Waals surface area (Å²) in [6.45, 7) is 3.70. The molecule has 0 bridgehead atoms. The molecule has 196 valence electrons. The van der Waals surface area contributed by atoms with Crippen molar-refractivity contribution in [3.63, 3.8) is 0 Å². The van der Waals surface area contributed by atoms with E-state index >= 15 is 0 Å². The highest BCUT2D eigenvalue weighted by molar-refractivity contribution is 7.89. The summed E-state index contributed by atoms with van der Waals surface area (Å²) in [5, 5.41) is 12.4. The van der Waals surface area contributed by atoms with Crippen LogP contribution in [0.4, 0.5) is 5.69 Å². The number of hydrogen-bond acceptors (Lipinski definition) is 6. The van der Waals surface area contributed by atoms with Crippen molar-refractivity contribution in [2.45, 2.75) is 49.5 Å². The number of aliphatic hydroxyl groups is 1. The molecule has 1 aliphatic heterocycles. The molecule has 0 saturated heterocycles. The Hall–Kier alpha value is -3.40. The molecule has 8 nitrogen and oxygen atoms in total. The Morgan fingerprint density at radius 1 is 1.05 bits per heavy atom. The molecule has 0 unspecified atom stereocenters. The lowest BCUT2D eigenvalue weighted by atomic mass is 9.94. The van der Waals surface area contributed by atoms with Crippen LogP contribution in [0.2, 0.25) is 0 Å². The highest BCUT2D eigenvalue weighted by Crippen LogP contribution is 2.51. The average molecular weight is 525 g/mol. The number of ether oxygens (including phenoxy) is 2. The molecule has 0 spiro atoms. The van der Waals surface area contributed by atoms with Crippen LogP contribution < -0.4 is 19.5 Å². The molecule has 2 aliphatic rings. The summed E-state index contributed by atoms with van der Waals surface area (Å²) in [4.78, 5) is 13.5. The molecule has 1 heterocycles. The molecule has 1 aliphatic carbocycles. The van der Waals surface area contributed by atoms with Gasteiger partial charge in [0.25, 0.3) is 0 Å². The fraction of sp³-hybridized carbons (Fsp3) is 0.321. The Balaban J connectivity index is 0.00000336. The minimum absolute atomic E-state index is 0. The zero-order chi connectivity index (χ0) is 26.2. The topological polar surface area (TPSA) is 114 Å². The third kappa shape index (κ3) is 4.94. The van der Waals surface area contributed by atoms with E-state index in [1.54, 1.807) is 31.2 Å². The Bertz CT molecular complexity index is 1430. The number of sulfonamides is 1. The molecule has 1 saturated carbocycles. The lowest BCUT2D eigenvalue weighted by molar-refractivity contribution is -0.118. The molecular weight excluding hydrogens is 492 g/mol. The van der Waals surface area contributed by atoms with E-state index in [1.165, 1.54) is 0 Å². The standard InChI is InChI=1S/C28H30N2O6S.H2/c1-3-21(16-31)30-37(33,34)23-9-5-19(6-10-23)24-15-22(8-4-18(24)2)29-27(32)28(12-13-28)20-7-11-25-26(14-20)36-17-35-25;/h4-11,14-15,21,30-31H,3,12-13,16-17H2,1-2H3,(H,29,32);1H/t21-;/m1./s1. The third-order valence-electron chi connectivity index (χ3n) is 7.12. The maximum absolute atomic E-state index is 13.3. The molecule has 9 heteroatoms. The van der Waals surface area contributed by atoms with Crippen LogP contribution in [-0.4, -0.2) is 38.9 Å². The van der Waals surface area contributed by atoms with Crippen molar-refractivity contribution in [3.8, 4) is 22.6 Å². The van der Waals surface area contributed by atoms with Crippen molar-refractivity contribution in [2.75, 3.05) is 18.7 Å². The number of anilines is 1. The molecule has 1 atom stereocenters. The summed E-state index contributed by atoms with van der Waals surface area (Å²) >= 11 is 0. The first-order valence-electron chi connectivity index (χ1n) is 12.3. The van der Waals surface area contributed by atoms with E-state index in [0.717, 1.165) is 35.1 Å². The monoisotopic (exact) mass is 524 g/mol. The predicted octanol–water partition coefficient (Wildman–Crippen LogP) is 4.36. The fourth-order valence-electron chi connectivity index (χ4n) is 4.58. The second-order valence-corrected chi connectivity index (χ2v) is 11.3. The number of aryl methyl sites for hydroxylation is 1. The number of aliphatic hydroxyl groups excluding tert-OH is 1. The van der Waals surface area contributed by atoms with Crippen LogP contribution >= 0.6 is 0 Å². The first-order chi connectivity index (χ1) is 17.8. The summed E-state index contributed by atoms with van der Waals surface area (Å²) in [5.74, 6) is 1.29. The molecule has 5 rings (SSSR count). The van der Waals surface area contributed by atoms with E-state index < -0.39 is 21.5 Å². The second kappa shape index (κ2) is 9.81. The van der Waals surface area contributed by atoms with Gasteiger partial charge in [0.1, 0.15) is 0 Å². The Morgan fingerprint density at radius 2 is 1.78 bits per heavy atom. The largest absolute Gasteiger partial charge is 0.454 e. The number of rotatable bonds is 9. The number of fused-ring (bicyclic) bond motifs is 1. The smallest absolute Gasteiger partial charge is 0.240 e. The van der Waals surface area contributed by atoms with Crippen LogP contribution in [-0.2, 0) is 20.2 Å². The van der Waals surface area contributed by atoms with Crippen molar-refractivity contribution in [2.24, 2.45) is 0 Å². The van der Waals surface area contributed by atoms with Gasteiger partial charge in [-0.15, -0.1) is 0 Å². The van der Waals surface area contributed by atoms with Crippen LogP contribution in [0.3, 0.4) is 0 Å². The van der Waals surface area contributed by atoms with Crippen molar-refractivity contribution in [3.05, 3.63) is 71.8 Å². The molecular formula is C28H32N2O6S. The zero-order valence-corrected chi connectivity index (χ0v) is 21.6. The van der Waals surface area contributed by atoms with Crippen LogP contribution in [0.25, 0.3) is 11.1 Å². The van der Waals surface area contributed by atoms with Crippen LogP contribution in [0.5, 0.6) is 11.5 Å². The number of nitrogens with one attached hydrogen (secondary N) is 2. The van der Waals surface area contributed by atoms with Gasteiger partial charge in [0.2, 0.25) is 22.7 Å². The van der Waals surface area contributed by atoms with Crippen LogP contribution in [0.1, 0.15) is 38.7 Å². The maximum atomic E-state index is 13.3. The summed E-state index contributed by atoms with van der Waals surface area (Å²) in [6.07, 6.45) is 2.01. The van der Waals surface area contributed by atoms with E-state index in [0.29, 0.717) is 23.6 Å². The first kappa shape index (κ1) is 25.3. The van der Waals surface area contributed by atoms with Gasteiger partial charge in [-0.05, 0) is 84.8 Å². The number of benzene rings is 3. The van der Waals surface area contributed by atoms with Gasteiger partial charge in [-0.2, -0.15) is 0 Å². The molecule has 1 fully saturated rings. The summed E-state index contributed by atoms with van der Waals surface area (Å²) in [6, 6.07) is 17.4. The number of carbonyl (C=O) groups excluding carboxylic acids is 1. The maximum Gasteiger partial charge on any atom is 0.240 e. The lowest BCUT2D eigenvalue weighted by Gasteiger charge is -2.18. The number of carbonyl (C=O) groups is 1. The zero-order valence-electron chi connectivity index (χ0n) is 20.8. The van der Waals surface area contributed by atoms with Crippen molar-refractivity contribution in [1.29, 1.82) is 0 Å². The van der Waals surface area contributed by atoms with Gasteiger partial charge in [-0.25, -0.2) is 13.1 Å². The van der Waals surface area contributed by atoms with Gasteiger partial charge in [-0.1, -0.05) is 31.2 Å². The Morgan fingerprint density at radius 3 is 2.46 bits per heavy atom. The molecule has 1 amide bonds. The van der Waals surface area contributed by atoms with Gasteiger partial charge in [-0.3, -0.25) is 4.79 Å². The Labute approximate surface area is 218 Å². The van der Waals surface area contributed by atoms with E-state index in [9.17, 15) is 18.3 Å². The highest BCUT2D eigenvalue weighted by atomic mass is 32.2. The van der Waals surface area contributed by atoms with Crippen molar-refractivity contribution >= 4 is 21.6 Å². The van der Waals surface area contributed by atoms with E-state index in [2.05, 4.69) is 10.0 Å². The van der Waals surface area contributed by atoms with Crippen LogP contribution in [0.15, 0.2) is 65.6 Å². The minimum atomic E-state index is -3.74. The minimum Gasteiger partial charge on any atom is -0.454 e. The normalized spacial score (nSPS) is 16.3. The average Bonchev–Trinajstić information content (AvgIpc) is 3.59. The molecule has 0 radical (unpaired) electrons. The van der Waals surface area contributed by atoms with Gasteiger partial charge >= 0.3 is 0 Å². The summed E-state index contributed by atoms with van der Waals surface area (Å²) in [7, 11) is -3.74. The second-order valence-electron chi connectivity index (χ2n) is 9.57. The molecule has 3 N–H and O–H groups in total. The van der Waals surface area contributed by atoms with E-state index in [-0.39, 0.29) is 25.6 Å². The summed E-state index contributed by atoms with van der Waals surface area (Å²) < 4.78 is 38.7. The molecule has 3 aromatic carbocycles. The van der Waals surface area contributed by atoms with Gasteiger partial charge in [0.15, 0.2) is 11.5 Å². The summed E-state index contributed by atoms with van der Waals surface area (Å²) in [5.41, 5.74) is 3.72. The quantitative estimate of drug-likeness (QED) is 0.383.